The third-order valence-electron chi connectivity index (χ3n) is 3.20. The molecule has 7 heteroatoms. The molecule has 1 aliphatic carbocycles. The molecule has 1 N–H and O–H groups in total. The van der Waals surface area contributed by atoms with Gasteiger partial charge in [-0.15, -0.1) is 0 Å². The van der Waals surface area contributed by atoms with E-state index in [1.807, 2.05) is 0 Å². The number of carbonyl (C=O) groups is 2. The zero-order valence-corrected chi connectivity index (χ0v) is 11.2. The average molecular weight is 286 g/mol. The zero-order valence-electron chi connectivity index (χ0n) is 11.2. The van der Waals surface area contributed by atoms with Gasteiger partial charge in [0.15, 0.2) is 5.82 Å². The number of nitrogens with one attached hydrogen (secondary N) is 1. The molecule has 0 radical (unpaired) electrons. The summed E-state index contributed by atoms with van der Waals surface area (Å²) >= 11 is 0. The van der Waals surface area contributed by atoms with Crippen LogP contribution in [0, 0.1) is 0 Å². The van der Waals surface area contributed by atoms with Gasteiger partial charge in [-0.3, -0.25) is 14.6 Å². The summed E-state index contributed by atoms with van der Waals surface area (Å²) in [5.41, 5.74) is 0.533. The van der Waals surface area contributed by atoms with E-state index >= 15 is 0 Å². The molecule has 21 heavy (non-hydrogen) atoms. The summed E-state index contributed by atoms with van der Waals surface area (Å²) in [6.07, 6.45) is 6.35. The van der Waals surface area contributed by atoms with Gasteiger partial charge in [0, 0.05) is 30.1 Å². The van der Waals surface area contributed by atoms with E-state index in [9.17, 15) is 9.59 Å². The summed E-state index contributed by atoms with van der Waals surface area (Å²) in [7, 11) is 0. The Morgan fingerprint density at radius 1 is 1.29 bits per heavy atom. The van der Waals surface area contributed by atoms with Gasteiger partial charge < -0.3 is 14.7 Å². The third-order valence-corrected chi connectivity index (χ3v) is 3.20. The molecule has 0 saturated heterocycles. The van der Waals surface area contributed by atoms with Crippen molar-refractivity contribution < 1.29 is 14.1 Å². The van der Waals surface area contributed by atoms with E-state index in [1.54, 1.807) is 35.5 Å². The molecule has 0 atom stereocenters. The van der Waals surface area contributed by atoms with Crippen molar-refractivity contribution in [1.29, 1.82) is 0 Å². The van der Waals surface area contributed by atoms with E-state index in [0.717, 1.165) is 12.8 Å². The van der Waals surface area contributed by atoms with Gasteiger partial charge in [-0.1, -0.05) is 5.16 Å². The fourth-order valence-electron chi connectivity index (χ4n) is 2.03. The molecule has 1 fully saturated rings. The molecule has 0 unspecified atom stereocenters. The Labute approximate surface area is 120 Å². The summed E-state index contributed by atoms with van der Waals surface area (Å²) in [5, 5.41) is 6.20. The van der Waals surface area contributed by atoms with Crippen molar-refractivity contribution >= 4 is 17.6 Å². The maximum Gasteiger partial charge on any atom is 0.254 e. The quantitative estimate of drug-likeness (QED) is 0.895. The minimum atomic E-state index is -0.293. The van der Waals surface area contributed by atoms with Gasteiger partial charge in [0.05, 0.1) is 0 Å². The molecule has 0 aromatic carbocycles. The van der Waals surface area contributed by atoms with Crippen LogP contribution in [0.15, 0.2) is 41.4 Å². The molecule has 1 aliphatic rings. The zero-order chi connectivity index (χ0) is 14.7. The number of nitrogens with zero attached hydrogens (tertiary/aromatic N) is 3. The molecule has 2 amide bonds. The molecule has 0 bridgehead atoms. The number of aromatic nitrogens is 2. The first-order chi connectivity index (χ1) is 10.2. The Balaban J connectivity index is 1.67. The summed E-state index contributed by atoms with van der Waals surface area (Å²) in [5.74, 6) is -0.111. The van der Waals surface area contributed by atoms with Gasteiger partial charge in [0.25, 0.3) is 5.91 Å². The normalized spacial score (nSPS) is 13.7. The summed E-state index contributed by atoms with van der Waals surface area (Å²) in [6.45, 7) is -0.00131. The maximum absolute atomic E-state index is 12.4. The number of hydrogen-bond donors (Lipinski definition) is 1. The molecule has 108 valence electrons. The lowest BCUT2D eigenvalue weighted by atomic mass is 10.2. The second-order valence-corrected chi connectivity index (χ2v) is 4.83. The second kappa shape index (κ2) is 5.74. The molecule has 3 rings (SSSR count). The molecular formula is C14H14N4O3. The highest BCUT2D eigenvalue weighted by molar-refractivity contribution is 5.99. The van der Waals surface area contributed by atoms with E-state index in [-0.39, 0.29) is 24.4 Å². The van der Waals surface area contributed by atoms with Gasteiger partial charge in [-0.05, 0) is 25.0 Å². The summed E-state index contributed by atoms with van der Waals surface area (Å²) < 4.78 is 4.64. The smallest absolute Gasteiger partial charge is 0.254 e. The molecule has 1 saturated carbocycles. The first kappa shape index (κ1) is 13.3. The van der Waals surface area contributed by atoms with Crippen LogP contribution in [0.2, 0.25) is 0 Å². The molecule has 0 spiro atoms. The van der Waals surface area contributed by atoms with Crippen molar-refractivity contribution in [3.8, 4) is 0 Å². The van der Waals surface area contributed by atoms with Crippen molar-refractivity contribution in [3.63, 3.8) is 0 Å². The predicted molar refractivity (Wildman–Crippen MR) is 73.4 cm³/mol. The highest BCUT2D eigenvalue weighted by Gasteiger charge is 2.34. The van der Waals surface area contributed by atoms with Crippen LogP contribution in [-0.4, -0.2) is 39.4 Å². The third kappa shape index (κ3) is 3.25. The Bertz CT molecular complexity index is 623. The molecule has 2 aromatic heterocycles. The van der Waals surface area contributed by atoms with Crippen LogP contribution in [0.4, 0.5) is 5.82 Å². The number of hydrogen-bond acceptors (Lipinski definition) is 5. The SMILES string of the molecule is O=C(CN(C(=O)c1ccncc1)C1CC1)Nc1ccon1. The number of anilines is 1. The Hall–Kier alpha value is -2.70. The van der Waals surface area contributed by atoms with Crippen LogP contribution in [0.25, 0.3) is 0 Å². The second-order valence-electron chi connectivity index (χ2n) is 4.83. The molecule has 2 heterocycles. The standard InChI is InChI=1S/C14H14N4O3/c19-13(16-12-5-8-21-17-12)9-18(11-1-2-11)14(20)10-3-6-15-7-4-10/h3-8,11H,1-2,9H2,(H,16,17,19). The first-order valence-corrected chi connectivity index (χ1v) is 6.65. The van der Waals surface area contributed by atoms with Gasteiger partial charge >= 0.3 is 0 Å². The van der Waals surface area contributed by atoms with Crippen LogP contribution in [0.3, 0.4) is 0 Å². The van der Waals surface area contributed by atoms with E-state index in [0.29, 0.717) is 11.4 Å². The van der Waals surface area contributed by atoms with Gasteiger partial charge in [-0.25, -0.2) is 0 Å². The predicted octanol–water partition coefficient (Wildman–Crippen LogP) is 1.31. The number of carbonyl (C=O) groups excluding carboxylic acids is 2. The lowest BCUT2D eigenvalue weighted by molar-refractivity contribution is -0.117. The van der Waals surface area contributed by atoms with Crippen molar-refractivity contribution in [2.75, 3.05) is 11.9 Å². The molecular weight excluding hydrogens is 272 g/mol. The van der Waals surface area contributed by atoms with Crippen molar-refractivity contribution in [1.82, 2.24) is 15.0 Å². The van der Waals surface area contributed by atoms with E-state index < -0.39 is 0 Å². The summed E-state index contributed by atoms with van der Waals surface area (Å²) in [6, 6.07) is 4.97. The monoisotopic (exact) mass is 286 g/mol. The maximum atomic E-state index is 12.4. The number of amides is 2. The lowest BCUT2D eigenvalue weighted by Gasteiger charge is -2.21. The van der Waals surface area contributed by atoms with Crippen LogP contribution in [0.1, 0.15) is 23.2 Å². The average Bonchev–Trinajstić information content (AvgIpc) is 3.23. The Morgan fingerprint density at radius 3 is 2.67 bits per heavy atom. The molecule has 2 aromatic rings. The number of rotatable bonds is 5. The minimum Gasteiger partial charge on any atom is -0.363 e. The summed E-state index contributed by atoms with van der Waals surface area (Å²) in [4.78, 5) is 29.9. The van der Waals surface area contributed by atoms with Gasteiger partial charge in [-0.2, -0.15) is 0 Å². The number of pyridine rings is 1. The van der Waals surface area contributed by atoms with Gasteiger partial charge in [0.1, 0.15) is 12.8 Å². The largest absolute Gasteiger partial charge is 0.363 e. The highest BCUT2D eigenvalue weighted by Crippen LogP contribution is 2.28. The Morgan fingerprint density at radius 2 is 2.05 bits per heavy atom. The van der Waals surface area contributed by atoms with E-state index in [4.69, 9.17) is 0 Å². The fourth-order valence-corrected chi connectivity index (χ4v) is 2.03. The van der Waals surface area contributed by atoms with Crippen LogP contribution >= 0.6 is 0 Å². The van der Waals surface area contributed by atoms with Crippen molar-refractivity contribution in [2.24, 2.45) is 0 Å². The first-order valence-electron chi connectivity index (χ1n) is 6.65. The van der Waals surface area contributed by atoms with Crippen LogP contribution in [0.5, 0.6) is 0 Å². The van der Waals surface area contributed by atoms with E-state index in [1.165, 1.54) is 6.26 Å². The van der Waals surface area contributed by atoms with Crippen molar-refractivity contribution in [3.05, 3.63) is 42.4 Å². The highest BCUT2D eigenvalue weighted by atomic mass is 16.5. The topological polar surface area (TPSA) is 88.3 Å². The fraction of sp³-hybridized carbons (Fsp3) is 0.286. The molecule has 0 aliphatic heterocycles. The lowest BCUT2D eigenvalue weighted by Crippen LogP contribution is -2.39. The van der Waals surface area contributed by atoms with Crippen LogP contribution < -0.4 is 5.32 Å². The van der Waals surface area contributed by atoms with Crippen LogP contribution in [-0.2, 0) is 4.79 Å². The van der Waals surface area contributed by atoms with Gasteiger partial charge in [0.2, 0.25) is 5.91 Å². The van der Waals surface area contributed by atoms with E-state index in [2.05, 4.69) is 20.0 Å². The van der Waals surface area contributed by atoms with Crippen molar-refractivity contribution in [2.45, 2.75) is 18.9 Å². The minimum absolute atomic E-state index is 0.00131. The Kier molecular flexibility index (Phi) is 3.63. The molecule has 7 nitrogen and oxygen atoms in total.